The van der Waals surface area contributed by atoms with Crippen molar-refractivity contribution in [1.29, 1.82) is 0 Å². The summed E-state index contributed by atoms with van der Waals surface area (Å²) >= 11 is 1.28. The number of rotatable bonds is 7. The molecule has 0 saturated heterocycles. The van der Waals surface area contributed by atoms with Crippen LogP contribution in [-0.2, 0) is 21.2 Å². The van der Waals surface area contributed by atoms with Gasteiger partial charge in [0.1, 0.15) is 16.8 Å². The molecular weight excluding hydrogens is 463 g/mol. The van der Waals surface area contributed by atoms with Gasteiger partial charge in [-0.25, -0.2) is 17.8 Å². The molecule has 1 amide bonds. The molecule has 1 atom stereocenters. The number of nitrogens with zero attached hydrogens (tertiary/aromatic N) is 2. The normalized spacial score (nSPS) is 12.5. The van der Waals surface area contributed by atoms with Crippen LogP contribution in [0.15, 0.2) is 77.7 Å². The van der Waals surface area contributed by atoms with Gasteiger partial charge in [-0.2, -0.15) is 0 Å². The number of benzene rings is 3. The predicted molar refractivity (Wildman–Crippen MR) is 127 cm³/mol. The van der Waals surface area contributed by atoms with Crippen LogP contribution in [0.2, 0.25) is 0 Å². The number of carbonyl (C=O) groups is 1. The van der Waals surface area contributed by atoms with Crippen molar-refractivity contribution in [2.24, 2.45) is 0 Å². The smallest absolute Gasteiger partial charge is 0.247 e. The lowest BCUT2D eigenvalue weighted by Gasteiger charge is -2.23. The molecule has 1 heterocycles. The Labute approximate surface area is 195 Å². The number of hydrogen-bond acceptors (Lipinski definition) is 6. The Morgan fingerprint density at radius 2 is 1.79 bits per heavy atom. The van der Waals surface area contributed by atoms with Crippen LogP contribution in [-0.4, -0.2) is 31.7 Å². The molecule has 33 heavy (non-hydrogen) atoms. The van der Waals surface area contributed by atoms with Gasteiger partial charge in [-0.3, -0.25) is 9.69 Å². The molecule has 0 fully saturated rings. The van der Waals surface area contributed by atoms with Crippen molar-refractivity contribution >= 4 is 42.4 Å². The first-order valence-corrected chi connectivity index (χ1v) is 12.5. The van der Waals surface area contributed by atoms with Crippen molar-refractivity contribution in [3.8, 4) is 5.75 Å². The maximum Gasteiger partial charge on any atom is 0.247 e. The SMILES string of the molecule is COc1ccc2nc(N(Cc3ccccc3)C(=O)C(C)S(=O)(=O)c3ccc(F)cc3)sc2c1. The first-order valence-electron chi connectivity index (χ1n) is 10.1. The predicted octanol–water partition coefficient (Wildman–Crippen LogP) is 4.84. The van der Waals surface area contributed by atoms with Gasteiger partial charge in [-0.05, 0) is 55.0 Å². The average Bonchev–Trinajstić information content (AvgIpc) is 3.25. The van der Waals surface area contributed by atoms with E-state index in [0.29, 0.717) is 16.4 Å². The van der Waals surface area contributed by atoms with Crippen LogP contribution in [0.1, 0.15) is 12.5 Å². The number of thiazole rings is 1. The molecule has 0 saturated carbocycles. The molecular formula is C24H21FN2O4S2. The van der Waals surface area contributed by atoms with Crippen molar-refractivity contribution in [1.82, 2.24) is 4.98 Å². The molecule has 1 unspecified atom stereocenters. The van der Waals surface area contributed by atoms with Crippen molar-refractivity contribution in [3.63, 3.8) is 0 Å². The quantitative estimate of drug-likeness (QED) is 0.351. The van der Waals surface area contributed by atoms with Crippen LogP contribution in [0.3, 0.4) is 0 Å². The Morgan fingerprint density at radius 3 is 2.45 bits per heavy atom. The number of anilines is 1. The van der Waals surface area contributed by atoms with E-state index in [2.05, 4.69) is 4.98 Å². The molecule has 0 bridgehead atoms. The highest BCUT2D eigenvalue weighted by Crippen LogP contribution is 2.33. The summed E-state index contributed by atoms with van der Waals surface area (Å²) in [7, 11) is -2.48. The van der Waals surface area contributed by atoms with E-state index >= 15 is 0 Å². The Bertz CT molecular complexity index is 1390. The lowest BCUT2D eigenvalue weighted by Crippen LogP contribution is -2.41. The van der Waals surface area contributed by atoms with Crippen LogP contribution in [0, 0.1) is 5.82 Å². The molecule has 0 aliphatic rings. The van der Waals surface area contributed by atoms with Crippen molar-refractivity contribution in [2.75, 3.05) is 12.0 Å². The minimum atomic E-state index is -4.04. The Hall–Kier alpha value is -3.30. The highest BCUT2D eigenvalue weighted by atomic mass is 32.2. The van der Waals surface area contributed by atoms with Crippen molar-refractivity contribution < 1.29 is 22.3 Å². The summed E-state index contributed by atoms with van der Waals surface area (Å²) in [6.07, 6.45) is 0. The zero-order valence-corrected chi connectivity index (χ0v) is 19.6. The Kier molecular flexibility index (Phi) is 6.44. The number of carbonyl (C=O) groups excluding carboxylic acids is 1. The van der Waals surface area contributed by atoms with Crippen LogP contribution in [0.25, 0.3) is 10.2 Å². The number of aromatic nitrogens is 1. The molecule has 170 valence electrons. The molecule has 0 spiro atoms. The second-order valence-electron chi connectivity index (χ2n) is 7.38. The minimum absolute atomic E-state index is 0.113. The van der Waals surface area contributed by atoms with Gasteiger partial charge in [0, 0.05) is 0 Å². The van der Waals surface area contributed by atoms with Gasteiger partial charge in [-0.15, -0.1) is 0 Å². The summed E-state index contributed by atoms with van der Waals surface area (Å²) in [6.45, 7) is 1.50. The topological polar surface area (TPSA) is 76.6 Å². The maximum absolute atomic E-state index is 13.5. The number of hydrogen-bond donors (Lipinski definition) is 0. The first kappa shape index (κ1) is 22.9. The molecule has 4 rings (SSSR count). The van der Waals surface area contributed by atoms with Gasteiger partial charge < -0.3 is 4.74 Å². The van der Waals surface area contributed by atoms with Crippen molar-refractivity contribution in [2.45, 2.75) is 23.6 Å². The lowest BCUT2D eigenvalue weighted by molar-refractivity contribution is -0.118. The molecule has 1 aromatic heterocycles. The number of methoxy groups -OCH3 is 1. The highest BCUT2D eigenvalue weighted by Gasteiger charge is 2.35. The molecule has 0 aliphatic heterocycles. The van der Waals surface area contributed by atoms with Gasteiger partial charge in [0.15, 0.2) is 15.0 Å². The number of amides is 1. The third kappa shape index (κ3) is 4.74. The van der Waals surface area contributed by atoms with E-state index in [4.69, 9.17) is 4.74 Å². The molecule has 0 radical (unpaired) electrons. The van der Waals surface area contributed by atoms with Gasteiger partial charge in [0.2, 0.25) is 5.91 Å². The number of fused-ring (bicyclic) bond motifs is 1. The first-order chi connectivity index (χ1) is 15.8. The highest BCUT2D eigenvalue weighted by molar-refractivity contribution is 7.92. The molecule has 4 aromatic rings. The summed E-state index contributed by atoms with van der Waals surface area (Å²) in [5.41, 5.74) is 1.50. The Balaban J connectivity index is 1.74. The minimum Gasteiger partial charge on any atom is -0.497 e. The van der Waals surface area contributed by atoms with Crippen molar-refractivity contribution in [3.05, 3.63) is 84.2 Å². The number of ether oxygens (including phenoxy) is 1. The monoisotopic (exact) mass is 484 g/mol. The molecule has 9 heteroatoms. The molecule has 6 nitrogen and oxygen atoms in total. The summed E-state index contributed by atoms with van der Waals surface area (Å²) in [5, 5.41) is -1.01. The second-order valence-corrected chi connectivity index (χ2v) is 10.7. The maximum atomic E-state index is 13.5. The summed E-state index contributed by atoms with van der Waals surface area (Å²) < 4.78 is 45.6. The Morgan fingerprint density at radius 1 is 1.09 bits per heavy atom. The number of halogens is 1. The number of sulfone groups is 1. The van der Waals surface area contributed by atoms with E-state index in [1.807, 2.05) is 36.4 Å². The van der Waals surface area contributed by atoms with Crippen LogP contribution >= 0.6 is 11.3 Å². The summed E-state index contributed by atoms with van der Waals surface area (Å²) in [4.78, 5) is 19.4. The van der Waals surface area contributed by atoms with Gasteiger partial charge >= 0.3 is 0 Å². The van der Waals surface area contributed by atoms with E-state index in [1.54, 1.807) is 19.2 Å². The second kappa shape index (κ2) is 9.29. The fraction of sp³-hybridized carbons (Fsp3) is 0.167. The summed E-state index contributed by atoms with van der Waals surface area (Å²) in [5.74, 6) is -0.511. The average molecular weight is 485 g/mol. The summed E-state index contributed by atoms with van der Waals surface area (Å²) in [6, 6.07) is 19.1. The van der Waals surface area contributed by atoms with Crippen LogP contribution < -0.4 is 9.64 Å². The largest absolute Gasteiger partial charge is 0.497 e. The van der Waals surface area contributed by atoms with Crippen LogP contribution in [0.4, 0.5) is 9.52 Å². The molecule has 3 aromatic carbocycles. The molecule has 0 aliphatic carbocycles. The van der Waals surface area contributed by atoms with Gasteiger partial charge in [-0.1, -0.05) is 41.7 Å². The standard InChI is InChI=1S/C24H21FN2O4S2/c1-16(33(29,30)20-11-8-18(25)9-12-20)23(28)27(15-17-6-4-3-5-7-17)24-26-21-13-10-19(31-2)14-22(21)32-24/h3-14,16H,15H2,1-2H3. The van der Waals surface area contributed by atoms with E-state index < -0.39 is 26.8 Å². The zero-order chi connectivity index (χ0) is 23.6. The van der Waals surface area contributed by atoms with E-state index in [9.17, 15) is 17.6 Å². The van der Waals surface area contributed by atoms with Gasteiger partial charge in [0.25, 0.3) is 0 Å². The third-order valence-electron chi connectivity index (χ3n) is 5.22. The van der Waals surface area contributed by atoms with Gasteiger partial charge in [0.05, 0.1) is 28.8 Å². The van der Waals surface area contributed by atoms with E-state index in [-0.39, 0.29) is 11.4 Å². The molecule has 0 N–H and O–H groups in total. The van der Waals surface area contributed by atoms with Crippen LogP contribution in [0.5, 0.6) is 5.75 Å². The lowest BCUT2D eigenvalue weighted by atomic mass is 10.2. The fourth-order valence-electron chi connectivity index (χ4n) is 3.32. The zero-order valence-electron chi connectivity index (χ0n) is 17.9. The van der Waals surface area contributed by atoms with E-state index in [0.717, 1.165) is 22.4 Å². The third-order valence-corrected chi connectivity index (χ3v) is 8.32. The van der Waals surface area contributed by atoms with E-state index in [1.165, 1.54) is 35.3 Å². The fourth-order valence-corrected chi connectivity index (χ4v) is 5.64.